The second-order valence-corrected chi connectivity index (χ2v) is 6.87. The van der Waals surface area contributed by atoms with Crippen LogP contribution in [0.3, 0.4) is 0 Å². The van der Waals surface area contributed by atoms with Crippen LogP contribution in [0.5, 0.6) is 0 Å². The Hall–Kier alpha value is -1.20. The highest BCUT2D eigenvalue weighted by atomic mass is 16.5. The van der Waals surface area contributed by atoms with E-state index in [9.17, 15) is 0 Å². The highest BCUT2D eigenvalue weighted by Gasteiger charge is 2.33. The van der Waals surface area contributed by atoms with Crippen molar-refractivity contribution in [1.29, 1.82) is 0 Å². The molecular weight excluding hydrogens is 264 g/mol. The molecule has 0 bridgehead atoms. The van der Waals surface area contributed by atoms with Crippen LogP contribution in [0, 0.1) is 0 Å². The van der Waals surface area contributed by atoms with Crippen molar-refractivity contribution in [3.8, 4) is 0 Å². The Morgan fingerprint density at radius 2 is 2.14 bits per heavy atom. The third-order valence-corrected chi connectivity index (χ3v) is 4.53. The van der Waals surface area contributed by atoms with Crippen LogP contribution in [0.2, 0.25) is 0 Å². The van der Waals surface area contributed by atoms with E-state index in [1.54, 1.807) is 6.20 Å². The Kier molecular flexibility index (Phi) is 4.40. The first-order valence-corrected chi connectivity index (χ1v) is 8.05. The second-order valence-electron chi connectivity index (χ2n) is 6.87. The quantitative estimate of drug-likeness (QED) is 0.922. The number of aromatic nitrogens is 2. The molecule has 2 saturated heterocycles. The fourth-order valence-electron chi connectivity index (χ4n) is 3.34. The number of rotatable bonds is 4. The van der Waals surface area contributed by atoms with E-state index in [4.69, 9.17) is 4.74 Å². The molecule has 1 N–H and O–H groups in total. The maximum absolute atomic E-state index is 6.10. The monoisotopic (exact) mass is 290 g/mol. The van der Waals surface area contributed by atoms with Crippen molar-refractivity contribution >= 4 is 5.82 Å². The second kappa shape index (κ2) is 6.28. The van der Waals surface area contributed by atoms with E-state index in [-0.39, 0.29) is 5.60 Å². The minimum absolute atomic E-state index is 0.0799. The Labute approximate surface area is 127 Å². The molecule has 3 rings (SSSR count). The molecule has 0 saturated carbocycles. The number of nitrogens with one attached hydrogen (secondary N) is 1. The summed E-state index contributed by atoms with van der Waals surface area (Å²) in [5.41, 5.74) is 0.0799. The lowest BCUT2D eigenvalue weighted by Crippen LogP contribution is -2.42. The molecule has 1 aromatic heterocycles. The molecule has 2 fully saturated rings. The van der Waals surface area contributed by atoms with Crippen LogP contribution in [0.15, 0.2) is 18.3 Å². The lowest BCUT2D eigenvalue weighted by molar-refractivity contribution is -0.0307. The predicted octanol–water partition coefficient (Wildman–Crippen LogP) is 2.31. The largest absolute Gasteiger partial charge is 0.371 e. The van der Waals surface area contributed by atoms with E-state index in [0.29, 0.717) is 12.1 Å². The van der Waals surface area contributed by atoms with Crippen molar-refractivity contribution in [1.82, 2.24) is 15.1 Å². The Balaban J connectivity index is 1.41. The van der Waals surface area contributed by atoms with Crippen molar-refractivity contribution in [2.45, 2.75) is 57.3 Å². The van der Waals surface area contributed by atoms with Crippen LogP contribution in [0.4, 0.5) is 5.82 Å². The summed E-state index contributed by atoms with van der Waals surface area (Å²) in [5, 5.41) is 11.5. The number of piperidine rings is 1. The van der Waals surface area contributed by atoms with Gasteiger partial charge in [-0.1, -0.05) is 0 Å². The summed E-state index contributed by atoms with van der Waals surface area (Å²) >= 11 is 0. The first kappa shape index (κ1) is 14.7. The van der Waals surface area contributed by atoms with Gasteiger partial charge in [-0.25, -0.2) is 0 Å². The van der Waals surface area contributed by atoms with E-state index in [2.05, 4.69) is 34.3 Å². The molecule has 0 aromatic carbocycles. The van der Waals surface area contributed by atoms with Gasteiger partial charge in [0.15, 0.2) is 0 Å². The lowest BCUT2D eigenvalue weighted by Gasteiger charge is -2.34. The summed E-state index contributed by atoms with van der Waals surface area (Å²) in [4.78, 5) is 2.54. The minimum Gasteiger partial charge on any atom is -0.371 e. The van der Waals surface area contributed by atoms with Gasteiger partial charge in [-0.05, 0) is 51.7 Å². The number of likely N-dealkylation sites (tertiary alicyclic amines) is 1. The molecule has 3 heterocycles. The lowest BCUT2D eigenvalue weighted by atomic mass is 10.0. The Bertz CT molecular complexity index is 443. The molecule has 2 aliphatic heterocycles. The molecule has 1 atom stereocenters. The van der Waals surface area contributed by atoms with Crippen LogP contribution in [-0.4, -0.2) is 52.5 Å². The van der Waals surface area contributed by atoms with Gasteiger partial charge in [0.25, 0.3) is 0 Å². The normalized spacial score (nSPS) is 26.9. The molecule has 5 heteroatoms. The first-order valence-electron chi connectivity index (χ1n) is 8.05. The summed E-state index contributed by atoms with van der Waals surface area (Å²) in [5.74, 6) is 0.886. The zero-order valence-corrected chi connectivity index (χ0v) is 13.1. The Morgan fingerprint density at radius 3 is 2.76 bits per heavy atom. The van der Waals surface area contributed by atoms with Crippen LogP contribution in [0.1, 0.15) is 39.5 Å². The number of hydrogen-bond donors (Lipinski definition) is 1. The average molecular weight is 290 g/mol. The fourth-order valence-corrected chi connectivity index (χ4v) is 3.34. The number of nitrogens with zero attached hydrogens (tertiary/aromatic N) is 3. The molecule has 0 spiro atoms. The van der Waals surface area contributed by atoms with Crippen LogP contribution in [-0.2, 0) is 4.74 Å². The van der Waals surface area contributed by atoms with E-state index in [1.165, 1.54) is 12.8 Å². The standard InChI is InChI=1S/C16H26N4O/c1-16(2)8-5-14(21-16)12-20-10-6-13(7-11-20)18-15-4-3-9-17-19-15/h3-4,9,13-14H,5-8,10-12H2,1-2H3,(H,18,19). The van der Waals surface area contributed by atoms with Gasteiger partial charge in [-0.3, -0.25) is 0 Å². The number of anilines is 1. The molecule has 1 unspecified atom stereocenters. The maximum Gasteiger partial charge on any atom is 0.148 e. The van der Waals surface area contributed by atoms with Gasteiger partial charge in [0.1, 0.15) is 5.82 Å². The molecule has 116 valence electrons. The zero-order valence-electron chi connectivity index (χ0n) is 13.1. The van der Waals surface area contributed by atoms with Gasteiger partial charge in [-0.2, -0.15) is 5.10 Å². The molecule has 21 heavy (non-hydrogen) atoms. The fraction of sp³-hybridized carbons (Fsp3) is 0.750. The van der Waals surface area contributed by atoms with Gasteiger partial charge >= 0.3 is 0 Å². The van der Waals surface area contributed by atoms with Crippen molar-refractivity contribution in [3.05, 3.63) is 18.3 Å². The van der Waals surface area contributed by atoms with Gasteiger partial charge in [0.2, 0.25) is 0 Å². The highest BCUT2D eigenvalue weighted by molar-refractivity contribution is 5.32. The van der Waals surface area contributed by atoms with Crippen molar-refractivity contribution in [3.63, 3.8) is 0 Å². The first-order chi connectivity index (χ1) is 10.1. The van der Waals surface area contributed by atoms with Crippen LogP contribution >= 0.6 is 0 Å². The number of ether oxygens (including phenoxy) is 1. The van der Waals surface area contributed by atoms with Gasteiger partial charge in [-0.15, -0.1) is 5.10 Å². The third-order valence-electron chi connectivity index (χ3n) is 4.53. The highest BCUT2D eigenvalue weighted by Crippen LogP contribution is 2.30. The van der Waals surface area contributed by atoms with Crippen molar-refractivity contribution < 1.29 is 4.74 Å². The summed E-state index contributed by atoms with van der Waals surface area (Å²) < 4.78 is 6.10. The molecule has 0 radical (unpaired) electrons. The number of hydrogen-bond acceptors (Lipinski definition) is 5. The average Bonchev–Trinajstić information content (AvgIpc) is 2.81. The molecule has 5 nitrogen and oxygen atoms in total. The molecular formula is C16H26N4O. The molecule has 1 aromatic rings. The molecule has 0 aliphatic carbocycles. The minimum atomic E-state index is 0.0799. The van der Waals surface area contributed by atoms with E-state index in [0.717, 1.165) is 38.3 Å². The smallest absolute Gasteiger partial charge is 0.148 e. The van der Waals surface area contributed by atoms with E-state index < -0.39 is 0 Å². The predicted molar refractivity (Wildman–Crippen MR) is 83.3 cm³/mol. The maximum atomic E-state index is 6.10. The van der Waals surface area contributed by atoms with Crippen LogP contribution in [0.25, 0.3) is 0 Å². The SMILES string of the molecule is CC1(C)CCC(CN2CCC(Nc3cccnn3)CC2)O1. The molecule has 2 aliphatic rings. The Morgan fingerprint density at radius 1 is 1.33 bits per heavy atom. The van der Waals surface area contributed by atoms with Gasteiger partial charge < -0.3 is 15.0 Å². The summed E-state index contributed by atoms with van der Waals surface area (Å²) in [6.45, 7) is 7.76. The zero-order chi connectivity index (χ0) is 14.7. The van der Waals surface area contributed by atoms with Crippen molar-refractivity contribution in [2.24, 2.45) is 0 Å². The van der Waals surface area contributed by atoms with E-state index >= 15 is 0 Å². The third kappa shape index (κ3) is 4.14. The van der Waals surface area contributed by atoms with Crippen molar-refractivity contribution in [2.75, 3.05) is 25.0 Å². The summed E-state index contributed by atoms with van der Waals surface area (Å²) in [6.07, 6.45) is 6.83. The molecule has 0 amide bonds. The topological polar surface area (TPSA) is 50.3 Å². The van der Waals surface area contributed by atoms with E-state index in [1.807, 2.05) is 12.1 Å². The summed E-state index contributed by atoms with van der Waals surface area (Å²) in [6, 6.07) is 4.41. The van der Waals surface area contributed by atoms with Gasteiger partial charge in [0, 0.05) is 31.9 Å². The summed E-state index contributed by atoms with van der Waals surface area (Å²) in [7, 11) is 0. The van der Waals surface area contributed by atoms with Crippen LogP contribution < -0.4 is 5.32 Å². The van der Waals surface area contributed by atoms with Gasteiger partial charge in [0.05, 0.1) is 11.7 Å².